The summed E-state index contributed by atoms with van der Waals surface area (Å²) in [7, 11) is 2.25. The number of carbonyl (C=O) groups is 1. The van der Waals surface area contributed by atoms with Crippen molar-refractivity contribution in [1.29, 1.82) is 0 Å². The normalized spacial score (nSPS) is 6.53. The Morgan fingerprint density at radius 1 is 0.933 bits per heavy atom. The molecule has 0 aliphatic heterocycles. The third-order valence-electron chi connectivity index (χ3n) is 0.407. The summed E-state index contributed by atoms with van der Waals surface area (Å²) in [5.41, 5.74) is 0. The maximum Gasteiger partial charge on any atom is 0.151 e. The van der Waals surface area contributed by atoms with Gasteiger partial charge in [-0.05, 0) is 13.0 Å². The first-order valence-electron chi connectivity index (χ1n) is 3.21. The molecule has 0 radical (unpaired) electrons. The predicted molar refractivity (Wildman–Crippen MR) is 42.9 cm³/mol. The first kappa shape index (κ1) is 36.4. The number of carbonyl (C=O) groups excluding carboxylic acids is 1. The van der Waals surface area contributed by atoms with E-state index in [4.69, 9.17) is 15.3 Å². The van der Waals surface area contributed by atoms with Crippen molar-refractivity contribution in [2.75, 3.05) is 21.3 Å². The van der Waals surface area contributed by atoms with E-state index in [2.05, 4.69) is 0 Å². The van der Waals surface area contributed by atoms with Gasteiger partial charge in [0.05, 0.1) is 0 Å². The maximum absolute atomic E-state index is 9.98. The monoisotopic (exact) mass is 392 g/mol. The van der Waals surface area contributed by atoms with Crippen molar-refractivity contribution >= 4 is 5.78 Å². The number of hydrogen-bond acceptors (Lipinski definition) is 5. The number of rotatable bonds is 1. The van der Waals surface area contributed by atoms with Gasteiger partial charge in [-0.25, -0.2) is 0 Å². The average molecular weight is 392 g/mol. The molecule has 0 aromatic carbocycles. The second-order valence-electron chi connectivity index (χ2n) is 1.37. The molecule has 0 aliphatic carbocycles. The van der Waals surface area contributed by atoms with Gasteiger partial charge in [0.15, 0.2) is 5.78 Å². The summed E-state index contributed by atoms with van der Waals surface area (Å²) < 4.78 is 0. The summed E-state index contributed by atoms with van der Waals surface area (Å²) in [6.45, 7) is 2.70. The molecular formula is C8H16O6W-6. The van der Waals surface area contributed by atoms with Crippen molar-refractivity contribution in [3.05, 3.63) is 11.8 Å². The smallest absolute Gasteiger partial charge is 0.151 e. The van der Waals surface area contributed by atoms with Crippen LogP contribution in [-0.4, -0.2) is 27.1 Å². The van der Waals surface area contributed by atoms with Crippen LogP contribution in [0, 0.1) is 0 Å². The zero-order chi connectivity index (χ0) is 11.9. The van der Waals surface area contributed by atoms with E-state index >= 15 is 0 Å². The van der Waals surface area contributed by atoms with Gasteiger partial charge >= 0.3 is 0 Å². The van der Waals surface area contributed by atoms with Crippen LogP contribution in [0.5, 0.6) is 0 Å². The van der Waals surface area contributed by atoms with E-state index in [0.717, 1.165) is 27.4 Å². The van der Waals surface area contributed by atoms with E-state index in [1.54, 1.807) is 0 Å². The molecule has 0 aromatic heterocycles. The Kier molecular flexibility index (Phi) is 119. The molecule has 0 rings (SSSR count). The molecule has 0 unspecified atom stereocenters. The zero-order valence-corrected chi connectivity index (χ0v) is 12.4. The number of hydrogen-bond donors (Lipinski definition) is 0. The Labute approximate surface area is 105 Å². The molecule has 7 heteroatoms. The fourth-order valence-corrected chi connectivity index (χ4v) is 0.286. The van der Waals surface area contributed by atoms with Gasteiger partial charge in [0.25, 0.3) is 0 Å². The van der Waals surface area contributed by atoms with Gasteiger partial charge in [-0.3, -0.25) is 4.79 Å². The van der Waals surface area contributed by atoms with Crippen LogP contribution in [-0.2, 0) is 31.3 Å². The first-order chi connectivity index (χ1) is 6.13. The maximum atomic E-state index is 9.98. The molecule has 0 bridgehead atoms. The molecule has 96 valence electrons. The van der Waals surface area contributed by atoms with Crippen molar-refractivity contribution in [3.8, 4) is 0 Å². The van der Waals surface area contributed by atoms with Crippen molar-refractivity contribution < 1.29 is 51.8 Å². The van der Waals surface area contributed by atoms with Gasteiger partial charge in [-0.1, -0.05) is 6.92 Å². The first-order valence-corrected chi connectivity index (χ1v) is 3.21. The minimum absolute atomic E-state index is 0. The summed E-state index contributed by atoms with van der Waals surface area (Å²) in [6.07, 6.45) is 1.06. The van der Waals surface area contributed by atoms with E-state index < -0.39 is 0 Å². The second-order valence-corrected chi connectivity index (χ2v) is 1.37. The quantitative estimate of drug-likeness (QED) is 0.339. The fraction of sp³-hybridized carbons (Fsp3) is 0.625. The largest absolute Gasteiger partial charge is 2.00 e. The molecule has 0 heterocycles. The van der Waals surface area contributed by atoms with Crippen molar-refractivity contribution in [2.45, 2.75) is 13.8 Å². The topological polar surface area (TPSA) is 138 Å². The molecule has 0 saturated carbocycles. The second kappa shape index (κ2) is 49.1. The standard InChI is InChI=1S/C5H8O2.3CH3O.O.W/c1-4(6)3-5(2)7;3*1-2;;/h3,6H,1-2H3;3*1H3;;/q;3*-1;-2;/p-1/b4-3-;;;;;. The van der Waals surface area contributed by atoms with Crippen LogP contribution in [0.1, 0.15) is 13.8 Å². The van der Waals surface area contributed by atoms with Gasteiger partial charge in [-0.2, -0.15) is 21.3 Å². The Hall–Kier alpha value is -0.262. The molecule has 0 spiro atoms. The van der Waals surface area contributed by atoms with Crippen LogP contribution in [0.4, 0.5) is 0 Å². The Morgan fingerprint density at radius 2 is 1.13 bits per heavy atom. The Balaban J connectivity index is -0.0000000221. The van der Waals surface area contributed by atoms with E-state index in [0.29, 0.717) is 0 Å². The van der Waals surface area contributed by atoms with Gasteiger partial charge < -0.3 is 25.9 Å². The summed E-state index contributed by atoms with van der Waals surface area (Å²) >= 11 is 0. The number of ketones is 1. The molecular weight excluding hydrogens is 376 g/mol. The summed E-state index contributed by atoms with van der Waals surface area (Å²) in [6, 6.07) is 0. The SMILES string of the molecule is CC(=O)/C=C(/C)[O-].C[O-].C[O-].C[O-].[O-2].[W]. The zero-order valence-electron chi connectivity index (χ0n) is 9.44. The van der Waals surface area contributed by atoms with Crippen LogP contribution in [0.15, 0.2) is 11.8 Å². The van der Waals surface area contributed by atoms with Crippen molar-refractivity contribution in [2.24, 2.45) is 0 Å². The molecule has 0 N–H and O–H groups in total. The summed E-state index contributed by atoms with van der Waals surface area (Å²) in [5.74, 6) is -0.375. The number of allylic oxidation sites excluding steroid dienone is 2. The van der Waals surface area contributed by atoms with E-state index in [1.165, 1.54) is 13.8 Å². The van der Waals surface area contributed by atoms with Crippen molar-refractivity contribution in [3.63, 3.8) is 0 Å². The minimum Gasteiger partial charge on any atom is -2.00 e. The minimum atomic E-state index is -0.187. The fourth-order valence-electron chi connectivity index (χ4n) is 0.286. The Morgan fingerprint density at radius 3 is 1.13 bits per heavy atom. The molecule has 0 aliphatic rings. The Bertz CT molecular complexity index is 112. The van der Waals surface area contributed by atoms with Crippen molar-refractivity contribution in [1.82, 2.24) is 0 Å². The third-order valence-corrected chi connectivity index (χ3v) is 0.407. The van der Waals surface area contributed by atoms with Gasteiger partial charge in [0.2, 0.25) is 0 Å². The molecule has 0 atom stereocenters. The average Bonchev–Trinajstić information content (AvgIpc) is 2.12. The predicted octanol–water partition coefficient (Wildman–Crippen LogP) is -3.35. The van der Waals surface area contributed by atoms with E-state index in [9.17, 15) is 9.90 Å². The van der Waals surface area contributed by atoms with Crippen LogP contribution in [0.3, 0.4) is 0 Å². The van der Waals surface area contributed by atoms with Crippen LogP contribution >= 0.6 is 0 Å². The summed E-state index contributed by atoms with van der Waals surface area (Å²) in [5, 5.41) is 34.7. The third kappa shape index (κ3) is 135. The van der Waals surface area contributed by atoms with Crippen LogP contribution in [0.25, 0.3) is 0 Å². The molecule has 6 nitrogen and oxygen atoms in total. The molecule has 0 fully saturated rings. The molecule has 0 amide bonds. The van der Waals surface area contributed by atoms with Crippen LogP contribution < -0.4 is 20.4 Å². The van der Waals surface area contributed by atoms with Gasteiger partial charge in [0.1, 0.15) is 0 Å². The van der Waals surface area contributed by atoms with Gasteiger partial charge in [-0.15, -0.1) is 5.76 Å². The molecule has 0 saturated heterocycles. The van der Waals surface area contributed by atoms with Crippen LogP contribution in [0.2, 0.25) is 0 Å². The summed E-state index contributed by atoms with van der Waals surface area (Å²) in [4.78, 5) is 9.98. The van der Waals surface area contributed by atoms with Gasteiger partial charge in [0, 0.05) is 21.1 Å². The van der Waals surface area contributed by atoms with E-state index in [-0.39, 0.29) is 38.1 Å². The molecule has 15 heavy (non-hydrogen) atoms. The molecule has 0 aromatic rings. The van der Waals surface area contributed by atoms with E-state index in [1.807, 2.05) is 0 Å².